The maximum absolute atomic E-state index is 13.9. The van der Waals surface area contributed by atoms with Crippen LogP contribution in [0.2, 0.25) is 5.02 Å². The van der Waals surface area contributed by atoms with E-state index < -0.39 is 5.82 Å². The minimum Gasteiger partial charge on any atom is -0.328 e. The zero-order valence-electron chi connectivity index (χ0n) is 13.2. The highest BCUT2D eigenvalue weighted by Crippen LogP contribution is 2.30. The normalized spacial score (nSPS) is 13.6. The van der Waals surface area contributed by atoms with E-state index in [0.717, 1.165) is 22.6 Å². The van der Waals surface area contributed by atoms with Gasteiger partial charge in [-0.3, -0.25) is 4.79 Å². The Balaban J connectivity index is 1.73. The van der Waals surface area contributed by atoms with Crippen LogP contribution in [0.1, 0.15) is 33.0 Å². The first-order valence-corrected chi connectivity index (χ1v) is 7.92. The van der Waals surface area contributed by atoms with Gasteiger partial charge in [-0.2, -0.15) is 5.10 Å². The molecule has 122 valence electrons. The van der Waals surface area contributed by atoms with E-state index in [1.165, 1.54) is 12.1 Å². The molecule has 0 spiro atoms. The summed E-state index contributed by atoms with van der Waals surface area (Å²) in [6.07, 6.45) is 0. The molecule has 2 aromatic heterocycles. The van der Waals surface area contributed by atoms with Gasteiger partial charge in [0.1, 0.15) is 5.82 Å². The summed E-state index contributed by atoms with van der Waals surface area (Å²) in [5, 5.41) is 5.11. The number of hydrogen-bond acceptors (Lipinski definition) is 3. The van der Waals surface area contributed by atoms with E-state index in [4.69, 9.17) is 11.6 Å². The van der Waals surface area contributed by atoms with Gasteiger partial charge in [0, 0.05) is 5.56 Å². The predicted octanol–water partition coefficient (Wildman–Crippen LogP) is 3.29. The van der Waals surface area contributed by atoms with Crippen LogP contribution in [0, 0.1) is 19.7 Å². The second-order valence-corrected chi connectivity index (χ2v) is 6.28. The number of amides is 1. The van der Waals surface area contributed by atoms with Crippen LogP contribution in [0.5, 0.6) is 0 Å². The maximum Gasteiger partial charge on any atom is 0.257 e. The molecule has 0 saturated carbocycles. The van der Waals surface area contributed by atoms with Crippen molar-refractivity contribution in [2.45, 2.75) is 26.9 Å². The maximum atomic E-state index is 13.9. The van der Waals surface area contributed by atoms with E-state index in [2.05, 4.69) is 10.1 Å². The molecule has 5 nitrogen and oxygen atoms in total. The van der Waals surface area contributed by atoms with Crippen molar-refractivity contribution in [3.8, 4) is 0 Å². The fourth-order valence-corrected chi connectivity index (χ4v) is 3.18. The number of carbonyl (C=O) groups excluding carboxylic acids is 1. The van der Waals surface area contributed by atoms with Gasteiger partial charge in [0.05, 0.1) is 40.8 Å². The van der Waals surface area contributed by atoms with Crippen LogP contribution in [-0.4, -0.2) is 25.4 Å². The van der Waals surface area contributed by atoms with E-state index in [1.54, 1.807) is 21.5 Å². The van der Waals surface area contributed by atoms with Gasteiger partial charge in [-0.1, -0.05) is 23.7 Å². The molecule has 3 heterocycles. The second-order valence-electron chi connectivity index (χ2n) is 5.90. The lowest BCUT2D eigenvalue weighted by Gasteiger charge is -2.16. The van der Waals surface area contributed by atoms with Gasteiger partial charge >= 0.3 is 0 Å². The Morgan fingerprint density at radius 2 is 2.00 bits per heavy atom. The number of nitrogens with zero attached hydrogens (tertiary/aromatic N) is 4. The standard InChI is InChI=1S/C17H14ClFN4O/c1-9-15(18)10(2)23-16(20-9)12-7-22(8-14(12)21-23)17(24)11-5-3-4-6-13(11)19/h3-6H,7-8H2,1-2H3. The van der Waals surface area contributed by atoms with Crippen LogP contribution in [-0.2, 0) is 13.1 Å². The van der Waals surface area contributed by atoms with E-state index in [-0.39, 0.29) is 11.5 Å². The van der Waals surface area contributed by atoms with E-state index in [1.807, 2.05) is 13.8 Å². The third-order valence-electron chi connectivity index (χ3n) is 4.35. The molecule has 4 rings (SSSR count). The fraction of sp³-hybridized carbons (Fsp3) is 0.235. The molecule has 0 fully saturated rings. The number of aromatic nitrogens is 3. The topological polar surface area (TPSA) is 50.5 Å². The lowest BCUT2D eigenvalue weighted by atomic mass is 10.2. The van der Waals surface area contributed by atoms with E-state index in [0.29, 0.717) is 23.8 Å². The van der Waals surface area contributed by atoms with E-state index >= 15 is 0 Å². The van der Waals surface area contributed by atoms with Crippen molar-refractivity contribution >= 4 is 23.2 Å². The molecule has 7 heteroatoms. The van der Waals surface area contributed by atoms with Gasteiger partial charge in [-0.25, -0.2) is 13.9 Å². The number of fused-ring (bicyclic) bond motifs is 3. The first-order valence-electron chi connectivity index (χ1n) is 7.54. The summed E-state index contributed by atoms with van der Waals surface area (Å²) < 4.78 is 15.6. The van der Waals surface area contributed by atoms with Crippen LogP contribution < -0.4 is 0 Å². The monoisotopic (exact) mass is 344 g/mol. The highest BCUT2D eigenvalue weighted by atomic mass is 35.5. The molecule has 0 atom stereocenters. The minimum atomic E-state index is -0.516. The van der Waals surface area contributed by atoms with Crippen molar-refractivity contribution in [1.82, 2.24) is 19.5 Å². The van der Waals surface area contributed by atoms with Crippen molar-refractivity contribution in [1.29, 1.82) is 0 Å². The third-order valence-corrected chi connectivity index (χ3v) is 4.89. The Morgan fingerprint density at radius 1 is 1.25 bits per heavy atom. The lowest BCUT2D eigenvalue weighted by Crippen LogP contribution is -2.26. The summed E-state index contributed by atoms with van der Waals surface area (Å²) in [5.41, 5.74) is 3.99. The molecule has 0 bridgehead atoms. The fourth-order valence-electron chi connectivity index (χ4n) is 3.06. The highest BCUT2D eigenvalue weighted by Gasteiger charge is 2.31. The summed E-state index contributed by atoms with van der Waals surface area (Å²) >= 11 is 6.23. The van der Waals surface area contributed by atoms with Crippen LogP contribution in [0.4, 0.5) is 4.39 Å². The van der Waals surface area contributed by atoms with Crippen molar-refractivity contribution in [3.63, 3.8) is 0 Å². The Morgan fingerprint density at radius 3 is 2.75 bits per heavy atom. The lowest BCUT2D eigenvalue weighted by molar-refractivity contribution is 0.0745. The molecule has 1 aliphatic rings. The molecule has 0 N–H and O–H groups in total. The predicted molar refractivity (Wildman–Crippen MR) is 87.4 cm³/mol. The average Bonchev–Trinajstić information content (AvgIpc) is 3.12. The number of carbonyl (C=O) groups is 1. The summed E-state index contributed by atoms with van der Waals surface area (Å²) in [5.74, 6) is -0.857. The second kappa shape index (κ2) is 5.27. The number of benzene rings is 1. The zero-order chi connectivity index (χ0) is 17.0. The quantitative estimate of drug-likeness (QED) is 0.680. The van der Waals surface area contributed by atoms with Crippen LogP contribution in [0.15, 0.2) is 24.3 Å². The van der Waals surface area contributed by atoms with Gasteiger partial charge in [-0.15, -0.1) is 0 Å². The molecule has 1 aromatic carbocycles. The van der Waals surface area contributed by atoms with E-state index in [9.17, 15) is 9.18 Å². The molecule has 24 heavy (non-hydrogen) atoms. The van der Waals surface area contributed by atoms with Gasteiger partial charge in [0.15, 0.2) is 5.65 Å². The largest absolute Gasteiger partial charge is 0.328 e. The molecule has 3 aromatic rings. The van der Waals surface area contributed by atoms with Gasteiger partial charge in [0.25, 0.3) is 5.91 Å². The number of halogens is 2. The molecular formula is C17H14ClFN4O. The molecule has 0 aliphatic carbocycles. The van der Waals surface area contributed by atoms with Crippen LogP contribution in [0.3, 0.4) is 0 Å². The van der Waals surface area contributed by atoms with Crippen LogP contribution >= 0.6 is 11.6 Å². The van der Waals surface area contributed by atoms with Gasteiger partial charge in [-0.05, 0) is 26.0 Å². The molecular weight excluding hydrogens is 331 g/mol. The zero-order valence-corrected chi connectivity index (χ0v) is 13.9. The van der Waals surface area contributed by atoms with Crippen molar-refractivity contribution in [3.05, 3.63) is 63.3 Å². The summed E-state index contributed by atoms with van der Waals surface area (Å²) in [4.78, 5) is 18.7. The Kier molecular flexibility index (Phi) is 3.31. The van der Waals surface area contributed by atoms with Gasteiger partial charge in [0.2, 0.25) is 0 Å². The molecule has 1 aliphatic heterocycles. The first kappa shape index (κ1) is 15.1. The van der Waals surface area contributed by atoms with Crippen LogP contribution in [0.25, 0.3) is 5.65 Å². The smallest absolute Gasteiger partial charge is 0.257 e. The highest BCUT2D eigenvalue weighted by molar-refractivity contribution is 6.31. The van der Waals surface area contributed by atoms with Crippen molar-refractivity contribution in [2.24, 2.45) is 0 Å². The summed E-state index contributed by atoms with van der Waals surface area (Å²) in [7, 11) is 0. The average molecular weight is 345 g/mol. The summed E-state index contributed by atoms with van der Waals surface area (Å²) in [6, 6.07) is 6.00. The Bertz CT molecular complexity index is 998. The molecule has 1 amide bonds. The minimum absolute atomic E-state index is 0.0722. The number of aryl methyl sites for hydroxylation is 2. The SMILES string of the molecule is Cc1nc2c3c(nn2c(C)c1Cl)CN(C(=O)c1ccccc1F)C3. The number of hydrogen-bond donors (Lipinski definition) is 0. The molecule has 0 radical (unpaired) electrons. The molecule has 0 unspecified atom stereocenters. The molecule has 0 saturated heterocycles. The number of rotatable bonds is 1. The van der Waals surface area contributed by atoms with Crippen molar-refractivity contribution < 1.29 is 9.18 Å². The Labute approximate surface area is 142 Å². The first-order chi connectivity index (χ1) is 11.5. The third kappa shape index (κ3) is 2.10. The van der Waals surface area contributed by atoms with Crippen molar-refractivity contribution in [2.75, 3.05) is 0 Å². The summed E-state index contributed by atoms with van der Waals surface area (Å²) in [6.45, 7) is 4.42. The Hall–Kier alpha value is -2.47. The van der Waals surface area contributed by atoms with Gasteiger partial charge < -0.3 is 4.90 Å².